The Morgan fingerprint density at radius 2 is 1.41 bits per heavy atom. The van der Waals surface area contributed by atoms with Crippen LogP contribution < -0.4 is 20.4 Å². The van der Waals surface area contributed by atoms with Crippen molar-refractivity contribution < 1.29 is 40.8 Å². The van der Waals surface area contributed by atoms with Gasteiger partial charge in [0.25, 0.3) is 0 Å². The molecule has 0 aliphatic carbocycles. The first-order chi connectivity index (χ1) is 14.8. The summed E-state index contributed by atoms with van der Waals surface area (Å²) in [5.41, 5.74) is -2.26. The van der Waals surface area contributed by atoms with Crippen LogP contribution in [0.2, 0.25) is 0 Å². The molecule has 0 aliphatic rings. The lowest BCUT2D eigenvalue weighted by Gasteiger charge is -2.24. The number of benzene rings is 3. The van der Waals surface area contributed by atoms with Crippen LogP contribution in [-0.4, -0.2) is 12.2 Å². The third-order valence-electron chi connectivity index (χ3n) is 4.51. The Hall–Kier alpha value is -3.13. The number of aromatic hydroxyl groups is 1. The highest BCUT2D eigenvalue weighted by Crippen LogP contribution is 2.46. The number of hydrogen-bond acceptors (Lipinski definition) is 3. The van der Waals surface area contributed by atoms with Gasteiger partial charge in [-0.15, -0.1) is 0 Å². The van der Waals surface area contributed by atoms with Gasteiger partial charge in [-0.05, 0) is 60.7 Å². The molecule has 0 heterocycles. The Morgan fingerprint density at radius 3 is 1.97 bits per heavy atom. The molecule has 0 radical (unpaired) electrons. The second-order valence-corrected chi connectivity index (χ2v) is 9.21. The summed E-state index contributed by atoms with van der Waals surface area (Å²) < 4.78 is 98.7. The van der Waals surface area contributed by atoms with Crippen molar-refractivity contribution in [2.24, 2.45) is 0 Å². The van der Waals surface area contributed by atoms with Gasteiger partial charge < -0.3 is 14.9 Å². The number of halogens is 6. The fraction of sp³-hybridized carbons (Fsp3) is 0.143. The van der Waals surface area contributed by atoms with Crippen molar-refractivity contribution in [2.75, 3.05) is 12.2 Å². The molecule has 0 spiro atoms. The quantitative estimate of drug-likeness (QED) is 0.363. The summed E-state index contributed by atoms with van der Waals surface area (Å²) in [6.07, 6.45) is -9.65. The van der Waals surface area contributed by atoms with Gasteiger partial charge in [-0.25, -0.2) is 0 Å². The van der Waals surface area contributed by atoms with Gasteiger partial charge in [0.05, 0.1) is 18.2 Å². The van der Waals surface area contributed by atoms with Crippen molar-refractivity contribution in [3.05, 3.63) is 77.9 Å². The van der Waals surface area contributed by atoms with Crippen LogP contribution in [0.25, 0.3) is 0 Å². The predicted molar refractivity (Wildman–Crippen MR) is 108 cm³/mol. The van der Waals surface area contributed by atoms with E-state index in [0.29, 0.717) is 23.9 Å². The zero-order valence-corrected chi connectivity index (χ0v) is 17.2. The average molecular weight is 475 g/mol. The van der Waals surface area contributed by atoms with E-state index in [4.69, 9.17) is 4.74 Å². The Balaban J connectivity index is 2.22. The van der Waals surface area contributed by atoms with Gasteiger partial charge in [-0.1, -0.05) is 6.07 Å². The van der Waals surface area contributed by atoms with Crippen LogP contribution >= 0.6 is 7.29 Å². The first-order valence-electron chi connectivity index (χ1n) is 8.95. The number of anilines is 1. The van der Waals surface area contributed by atoms with Gasteiger partial charge in [0.1, 0.15) is 11.5 Å². The molecule has 0 unspecified atom stereocenters. The maximum absolute atomic E-state index is 14.1. The first-order valence-corrected chi connectivity index (χ1v) is 10.7. The van der Waals surface area contributed by atoms with Crippen LogP contribution in [0.1, 0.15) is 11.1 Å². The number of rotatable bonds is 5. The molecule has 0 aromatic heterocycles. The molecule has 0 aliphatic heterocycles. The number of methoxy groups -OCH3 is 1. The van der Waals surface area contributed by atoms with Gasteiger partial charge >= 0.3 is 12.4 Å². The third-order valence-corrected chi connectivity index (χ3v) is 7.07. The summed E-state index contributed by atoms with van der Waals surface area (Å²) in [6.45, 7) is 0. The normalized spacial score (nSPS) is 14.0. The maximum Gasteiger partial charge on any atom is 0.416 e. The second kappa shape index (κ2) is 8.43. The number of ether oxygens (including phenoxy) is 1. The van der Waals surface area contributed by atoms with Crippen molar-refractivity contribution in [1.82, 2.24) is 0 Å². The lowest BCUT2D eigenvalue weighted by atomic mass is 10.2. The van der Waals surface area contributed by atoms with E-state index in [2.05, 4.69) is 5.09 Å². The van der Waals surface area contributed by atoms with Crippen molar-refractivity contribution in [2.45, 2.75) is 12.4 Å². The maximum atomic E-state index is 14.1. The zero-order chi connectivity index (χ0) is 23.7. The summed E-state index contributed by atoms with van der Waals surface area (Å²) in [5.74, 6) is -0.403. The number of phenols is 1. The minimum Gasteiger partial charge on any atom is -0.508 e. The standard InChI is InChI=1S/C21H16F6NO3P/c1-31-17-7-5-15(6-8-17)28-32(30,18-4-2-3-13(10-18)20(22,23)24)19-11-14(21(25,26)27)9-16(29)12-19/h2-12,29H,1H3,(H,28,30)/t32-/m1/s1. The molecule has 11 heteroatoms. The Morgan fingerprint density at radius 1 is 0.812 bits per heavy atom. The van der Waals surface area contributed by atoms with Crippen molar-refractivity contribution in [3.63, 3.8) is 0 Å². The molecular formula is C21H16F6NO3P. The highest BCUT2D eigenvalue weighted by Gasteiger charge is 2.37. The molecule has 0 saturated carbocycles. The van der Waals surface area contributed by atoms with E-state index in [1.807, 2.05) is 0 Å². The fourth-order valence-corrected chi connectivity index (χ4v) is 5.27. The Labute approximate surface area is 178 Å². The molecule has 0 bridgehead atoms. The number of phenolic OH excluding ortho intramolecular Hbond substituents is 1. The molecule has 0 fully saturated rings. The van der Waals surface area contributed by atoms with Crippen LogP contribution in [0.5, 0.6) is 11.5 Å². The average Bonchev–Trinajstić information content (AvgIpc) is 2.72. The second-order valence-electron chi connectivity index (χ2n) is 6.73. The summed E-state index contributed by atoms with van der Waals surface area (Å²) in [5, 5.41) is 11.5. The smallest absolute Gasteiger partial charge is 0.416 e. The fourth-order valence-electron chi connectivity index (χ4n) is 2.94. The molecule has 0 saturated heterocycles. The molecule has 32 heavy (non-hydrogen) atoms. The largest absolute Gasteiger partial charge is 0.508 e. The summed E-state index contributed by atoms with van der Waals surface area (Å²) >= 11 is 0. The number of nitrogens with one attached hydrogen (secondary N) is 1. The highest BCUT2D eigenvalue weighted by molar-refractivity contribution is 7.80. The molecule has 3 aromatic carbocycles. The van der Waals surface area contributed by atoms with Crippen LogP contribution in [0.3, 0.4) is 0 Å². The van der Waals surface area contributed by atoms with Crippen LogP contribution in [0.4, 0.5) is 32.0 Å². The molecule has 2 N–H and O–H groups in total. The van der Waals surface area contributed by atoms with E-state index in [9.17, 15) is 36.0 Å². The lowest BCUT2D eigenvalue weighted by Crippen LogP contribution is -2.24. The predicted octanol–water partition coefficient (Wildman–Crippen LogP) is 5.78. The van der Waals surface area contributed by atoms with Crippen LogP contribution in [-0.2, 0) is 16.9 Å². The third kappa shape index (κ3) is 5.02. The van der Waals surface area contributed by atoms with Crippen LogP contribution in [0, 0.1) is 0 Å². The molecule has 0 amide bonds. The van der Waals surface area contributed by atoms with Gasteiger partial charge in [-0.3, -0.25) is 4.57 Å². The van der Waals surface area contributed by atoms with Gasteiger partial charge in [0.15, 0.2) is 0 Å². The van der Waals surface area contributed by atoms with Gasteiger partial charge in [0, 0.05) is 16.3 Å². The Kier molecular flexibility index (Phi) is 6.20. The van der Waals surface area contributed by atoms with Crippen molar-refractivity contribution in [1.29, 1.82) is 0 Å². The minimum atomic E-state index is -4.88. The van der Waals surface area contributed by atoms with E-state index < -0.39 is 41.8 Å². The zero-order valence-electron chi connectivity index (χ0n) is 16.3. The monoisotopic (exact) mass is 475 g/mol. The molecule has 170 valence electrons. The Bertz CT molecular complexity index is 1160. The van der Waals surface area contributed by atoms with E-state index in [-0.39, 0.29) is 11.0 Å². The van der Waals surface area contributed by atoms with E-state index in [1.54, 1.807) is 0 Å². The molecular weight excluding hydrogens is 459 g/mol. The first kappa shape index (κ1) is 23.5. The van der Waals surface area contributed by atoms with Gasteiger partial charge in [-0.2, -0.15) is 26.3 Å². The number of hydrogen-bond donors (Lipinski definition) is 2. The summed E-state index contributed by atoms with van der Waals surface area (Å²) in [6, 6.07) is 11.1. The van der Waals surface area contributed by atoms with Crippen LogP contribution in [0.15, 0.2) is 66.7 Å². The van der Waals surface area contributed by atoms with E-state index >= 15 is 0 Å². The summed E-state index contributed by atoms with van der Waals surface area (Å²) in [7, 11) is -2.94. The molecule has 1 atom stereocenters. The molecule has 3 aromatic rings. The lowest BCUT2D eigenvalue weighted by molar-refractivity contribution is -0.138. The van der Waals surface area contributed by atoms with E-state index in [1.165, 1.54) is 31.4 Å². The SMILES string of the molecule is COc1ccc(N[P@@](=O)(c2cccc(C(F)(F)F)c2)c2cc(O)cc(C(F)(F)F)c2)cc1. The van der Waals surface area contributed by atoms with Crippen molar-refractivity contribution >= 4 is 23.6 Å². The summed E-state index contributed by atoms with van der Waals surface area (Å²) in [4.78, 5) is 0. The van der Waals surface area contributed by atoms with E-state index in [0.717, 1.165) is 24.3 Å². The molecule has 4 nitrogen and oxygen atoms in total. The molecule has 3 rings (SSSR count). The topological polar surface area (TPSA) is 58.6 Å². The van der Waals surface area contributed by atoms with Crippen molar-refractivity contribution in [3.8, 4) is 11.5 Å². The minimum absolute atomic E-state index is 0.156. The highest BCUT2D eigenvalue weighted by atomic mass is 31.2. The van der Waals surface area contributed by atoms with Gasteiger partial charge in [0.2, 0.25) is 7.29 Å². The number of alkyl halides is 6.